The Labute approximate surface area is 155 Å². The average molecular weight is 370 g/mol. The standard InChI is InChI=1S/C20H18O7/c1-25-17-8-11(3-5-15(17)21)7-13-14(10-27-20(13)24)19(23)12-4-6-16(22)18(9-12)26-2/h3-9,14,21-22H,10H2,1-2H3/b13-7-/t14-/m0/s1. The highest BCUT2D eigenvalue weighted by Gasteiger charge is 2.36. The van der Waals surface area contributed by atoms with E-state index in [4.69, 9.17) is 14.2 Å². The number of rotatable bonds is 5. The lowest BCUT2D eigenvalue weighted by atomic mass is 9.91. The first-order valence-corrected chi connectivity index (χ1v) is 8.11. The molecule has 2 aromatic rings. The van der Waals surface area contributed by atoms with E-state index >= 15 is 0 Å². The fourth-order valence-corrected chi connectivity index (χ4v) is 2.85. The van der Waals surface area contributed by atoms with Crippen LogP contribution in [0.5, 0.6) is 23.0 Å². The Morgan fingerprint density at radius 2 is 1.70 bits per heavy atom. The number of phenols is 2. The number of phenolic OH excluding ortho intramolecular Hbond substituents is 2. The van der Waals surface area contributed by atoms with Crippen molar-refractivity contribution >= 4 is 17.8 Å². The highest BCUT2D eigenvalue weighted by molar-refractivity contribution is 6.09. The van der Waals surface area contributed by atoms with Gasteiger partial charge in [0, 0.05) is 5.56 Å². The van der Waals surface area contributed by atoms with Gasteiger partial charge >= 0.3 is 5.97 Å². The maximum absolute atomic E-state index is 12.9. The summed E-state index contributed by atoms with van der Waals surface area (Å²) < 4.78 is 15.1. The van der Waals surface area contributed by atoms with Gasteiger partial charge < -0.3 is 24.4 Å². The van der Waals surface area contributed by atoms with E-state index in [-0.39, 0.29) is 41.0 Å². The molecule has 0 bridgehead atoms. The highest BCUT2D eigenvalue weighted by atomic mass is 16.5. The molecule has 1 saturated heterocycles. The molecule has 0 spiro atoms. The van der Waals surface area contributed by atoms with Crippen LogP contribution >= 0.6 is 0 Å². The van der Waals surface area contributed by atoms with Gasteiger partial charge in [-0.15, -0.1) is 0 Å². The summed E-state index contributed by atoms with van der Waals surface area (Å²) >= 11 is 0. The molecule has 27 heavy (non-hydrogen) atoms. The zero-order valence-corrected chi connectivity index (χ0v) is 14.8. The number of cyclic esters (lactones) is 1. The molecule has 0 amide bonds. The van der Waals surface area contributed by atoms with Crippen LogP contribution in [0.4, 0.5) is 0 Å². The van der Waals surface area contributed by atoms with E-state index in [2.05, 4.69) is 0 Å². The third kappa shape index (κ3) is 3.57. The first kappa shape index (κ1) is 18.3. The van der Waals surface area contributed by atoms with Crippen LogP contribution in [0.1, 0.15) is 15.9 Å². The Morgan fingerprint density at radius 1 is 1.07 bits per heavy atom. The van der Waals surface area contributed by atoms with Crippen LogP contribution in [0.3, 0.4) is 0 Å². The van der Waals surface area contributed by atoms with Crippen molar-refractivity contribution < 1.29 is 34.0 Å². The Morgan fingerprint density at radius 3 is 2.37 bits per heavy atom. The van der Waals surface area contributed by atoms with Crippen LogP contribution in [-0.2, 0) is 9.53 Å². The minimum atomic E-state index is -0.786. The first-order valence-electron chi connectivity index (χ1n) is 8.11. The fourth-order valence-electron chi connectivity index (χ4n) is 2.85. The maximum Gasteiger partial charge on any atom is 0.334 e. The summed E-state index contributed by atoms with van der Waals surface area (Å²) in [6, 6.07) is 8.83. The molecule has 2 N–H and O–H groups in total. The number of ketones is 1. The van der Waals surface area contributed by atoms with Crippen molar-refractivity contribution in [2.75, 3.05) is 20.8 Å². The van der Waals surface area contributed by atoms with Crippen molar-refractivity contribution in [1.29, 1.82) is 0 Å². The largest absolute Gasteiger partial charge is 0.504 e. The normalized spacial score (nSPS) is 17.6. The predicted octanol–water partition coefficient (Wildman–Crippen LogP) is 2.55. The summed E-state index contributed by atoms with van der Waals surface area (Å²) in [6.07, 6.45) is 1.54. The summed E-state index contributed by atoms with van der Waals surface area (Å²) in [6.45, 7) is -0.0675. The van der Waals surface area contributed by atoms with E-state index in [1.807, 2.05) is 0 Å². The summed E-state index contributed by atoms with van der Waals surface area (Å²) in [5.41, 5.74) is 1.08. The number of hydrogen-bond donors (Lipinski definition) is 2. The smallest absolute Gasteiger partial charge is 0.334 e. The van der Waals surface area contributed by atoms with E-state index in [0.717, 1.165) is 0 Å². The molecule has 0 saturated carbocycles. The summed E-state index contributed by atoms with van der Waals surface area (Å²) in [7, 11) is 2.80. The lowest BCUT2D eigenvalue weighted by molar-refractivity contribution is -0.135. The molecule has 2 aromatic carbocycles. The van der Waals surface area contributed by atoms with E-state index in [0.29, 0.717) is 11.1 Å². The molecule has 1 aliphatic heterocycles. The molecule has 0 aromatic heterocycles. The molecule has 7 nitrogen and oxygen atoms in total. The van der Waals surface area contributed by atoms with Crippen molar-refractivity contribution in [2.24, 2.45) is 5.92 Å². The molecule has 0 unspecified atom stereocenters. The van der Waals surface area contributed by atoms with Crippen LogP contribution in [0.15, 0.2) is 42.0 Å². The van der Waals surface area contributed by atoms with Gasteiger partial charge in [0.05, 0.1) is 25.7 Å². The SMILES string of the molecule is COc1cc(/C=C2\C(=O)OC[C@@H]2C(=O)c2ccc(O)c(OC)c2)ccc1O. The Bertz CT molecular complexity index is 930. The number of benzene rings is 2. The molecule has 1 fully saturated rings. The Hall–Kier alpha value is -3.48. The molecule has 7 heteroatoms. The van der Waals surface area contributed by atoms with Crippen LogP contribution in [0.25, 0.3) is 6.08 Å². The number of carbonyl (C=O) groups is 2. The van der Waals surface area contributed by atoms with Gasteiger partial charge in [0.15, 0.2) is 28.8 Å². The van der Waals surface area contributed by atoms with E-state index in [9.17, 15) is 19.8 Å². The van der Waals surface area contributed by atoms with Gasteiger partial charge in [-0.1, -0.05) is 6.07 Å². The topological polar surface area (TPSA) is 102 Å². The lowest BCUT2D eigenvalue weighted by Crippen LogP contribution is -2.17. The highest BCUT2D eigenvalue weighted by Crippen LogP contribution is 2.33. The zero-order valence-electron chi connectivity index (χ0n) is 14.8. The number of methoxy groups -OCH3 is 2. The van der Waals surface area contributed by atoms with Gasteiger partial charge in [0.1, 0.15) is 6.61 Å². The van der Waals surface area contributed by atoms with Gasteiger partial charge in [0.25, 0.3) is 0 Å². The second-order valence-electron chi connectivity index (χ2n) is 5.93. The molecule has 1 heterocycles. The van der Waals surface area contributed by atoms with E-state index in [1.165, 1.54) is 44.6 Å². The lowest BCUT2D eigenvalue weighted by Gasteiger charge is -2.10. The van der Waals surface area contributed by atoms with E-state index in [1.54, 1.807) is 12.1 Å². The van der Waals surface area contributed by atoms with Crippen molar-refractivity contribution in [1.82, 2.24) is 0 Å². The minimum absolute atomic E-state index is 0.0301. The third-order valence-corrected chi connectivity index (χ3v) is 4.30. The second kappa shape index (κ2) is 7.41. The molecule has 1 atom stereocenters. The third-order valence-electron chi connectivity index (χ3n) is 4.30. The number of ether oxygens (including phenoxy) is 3. The van der Waals surface area contributed by atoms with Crippen molar-refractivity contribution in [3.8, 4) is 23.0 Å². The van der Waals surface area contributed by atoms with Gasteiger partial charge in [-0.3, -0.25) is 4.79 Å². The van der Waals surface area contributed by atoms with Crippen molar-refractivity contribution in [2.45, 2.75) is 0 Å². The number of Topliss-reactive ketones (excluding diaryl/α,β-unsaturated/α-hetero) is 1. The number of hydrogen-bond acceptors (Lipinski definition) is 7. The fraction of sp³-hybridized carbons (Fsp3) is 0.200. The summed E-state index contributed by atoms with van der Waals surface area (Å²) in [5.74, 6) is -1.38. The van der Waals surface area contributed by atoms with E-state index < -0.39 is 11.9 Å². The van der Waals surface area contributed by atoms with Crippen molar-refractivity contribution in [3.63, 3.8) is 0 Å². The van der Waals surface area contributed by atoms with Crippen LogP contribution in [-0.4, -0.2) is 42.8 Å². The van der Waals surface area contributed by atoms with Crippen LogP contribution in [0.2, 0.25) is 0 Å². The monoisotopic (exact) mass is 370 g/mol. The molecule has 140 valence electrons. The number of esters is 1. The van der Waals surface area contributed by atoms with Crippen LogP contribution in [0, 0.1) is 5.92 Å². The molecular weight excluding hydrogens is 352 g/mol. The molecule has 0 radical (unpaired) electrons. The molecule has 0 aliphatic carbocycles. The van der Waals surface area contributed by atoms with Crippen LogP contribution < -0.4 is 9.47 Å². The maximum atomic E-state index is 12.9. The average Bonchev–Trinajstić information content (AvgIpc) is 3.03. The molecular formula is C20H18O7. The molecule has 3 rings (SSSR count). The quantitative estimate of drug-likeness (QED) is 0.474. The summed E-state index contributed by atoms with van der Waals surface area (Å²) in [4.78, 5) is 25.0. The first-order chi connectivity index (χ1) is 12.9. The van der Waals surface area contributed by atoms with Crippen molar-refractivity contribution in [3.05, 3.63) is 53.1 Å². The predicted molar refractivity (Wildman–Crippen MR) is 96.1 cm³/mol. The summed E-state index contributed by atoms with van der Waals surface area (Å²) in [5, 5.41) is 19.4. The number of carbonyl (C=O) groups excluding carboxylic acids is 2. The van der Waals surface area contributed by atoms with Gasteiger partial charge in [-0.05, 0) is 42.0 Å². The number of aromatic hydroxyl groups is 2. The minimum Gasteiger partial charge on any atom is -0.504 e. The molecule has 1 aliphatic rings. The van der Waals surface area contributed by atoms with Gasteiger partial charge in [0.2, 0.25) is 0 Å². The Kier molecular flexibility index (Phi) is 5.03. The Balaban J connectivity index is 1.95. The zero-order chi connectivity index (χ0) is 19.6. The van der Waals surface area contributed by atoms with Gasteiger partial charge in [-0.2, -0.15) is 0 Å². The van der Waals surface area contributed by atoms with Gasteiger partial charge in [-0.25, -0.2) is 4.79 Å². The second-order valence-corrected chi connectivity index (χ2v) is 5.93.